The van der Waals surface area contributed by atoms with E-state index >= 15 is 0 Å². The minimum absolute atomic E-state index is 0.467. The van der Waals surface area contributed by atoms with Gasteiger partial charge in [0.25, 0.3) is 0 Å². The molecule has 0 aliphatic carbocycles. The highest BCUT2D eigenvalue weighted by Gasteiger charge is 2.08. The molecule has 0 saturated carbocycles. The standard InChI is InChI=1S/C13H16O4/c1-10(12(14)13(15)16)6-5-9-17-11-7-3-2-4-8-11/h2-4,7-8,14H,5-6,9H2,1H3,(H,15,16). The second kappa shape index (κ2) is 6.58. The third-order valence-corrected chi connectivity index (χ3v) is 2.31. The summed E-state index contributed by atoms with van der Waals surface area (Å²) in [6, 6.07) is 9.40. The van der Waals surface area contributed by atoms with Crippen LogP contribution in [-0.2, 0) is 4.79 Å². The number of rotatable bonds is 6. The number of aliphatic carboxylic acids is 1. The summed E-state index contributed by atoms with van der Waals surface area (Å²) >= 11 is 0. The van der Waals surface area contributed by atoms with Gasteiger partial charge in [0.2, 0.25) is 5.76 Å². The molecule has 0 radical (unpaired) electrons. The van der Waals surface area contributed by atoms with Crippen LogP contribution in [0.5, 0.6) is 5.75 Å². The second-order valence-electron chi connectivity index (χ2n) is 3.70. The molecule has 17 heavy (non-hydrogen) atoms. The van der Waals surface area contributed by atoms with Gasteiger partial charge in [-0.1, -0.05) is 18.2 Å². The van der Waals surface area contributed by atoms with Crippen molar-refractivity contribution in [1.82, 2.24) is 0 Å². The molecule has 1 rings (SSSR count). The van der Waals surface area contributed by atoms with Crippen molar-refractivity contribution in [1.29, 1.82) is 0 Å². The maximum Gasteiger partial charge on any atom is 0.370 e. The van der Waals surface area contributed by atoms with Gasteiger partial charge in [0, 0.05) is 0 Å². The number of para-hydroxylation sites is 1. The Morgan fingerprint density at radius 3 is 2.47 bits per heavy atom. The Balaban J connectivity index is 2.30. The van der Waals surface area contributed by atoms with Crippen LogP contribution in [0.4, 0.5) is 0 Å². The summed E-state index contributed by atoms with van der Waals surface area (Å²) in [5, 5.41) is 17.7. The monoisotopic (exact) mass is 236 g/mol. The Morgan fingerprint density at radius 1 is 1.24 bits per heavy atom. The molecular formula is C13H16O4. The molecule has 0 amide bonds. The molecule has 1 aromatic carbocycles. The van der Waals surface area contributed by atoms with Gasteiger partial charge in [-0.05, 0) is 37.5 Å². The third kappa shape index (κ3) is 4.59. The number of aliphatic hydroxyl groups excluding tert-OH is 1. The Morgan fingerprint density at radius 2 is 1.88 bits per heavy atom. The molecule has 0 aliphatic heterocycles. The van der Waals surface area contributed by atoms with E-state index in [-0.39, 0.29) is 0 Å². The molecular weight excluding hydrogens is 220 g/mol. The smallest absolute Gasteiger partial charge is 0.370 e. The SMILES string of the molecule is CC(CCCOc1ccccc1)=C(O)C(=O)O. The van der Waals surface area contributed by atoms with Gasteiger partial charge < -0.3 is 14.9 Å². The van der Waals surface area contributed by atoms with Gasteiger partial charge >= 0.3 is 5.97 Å². The van der Waals surface area contributed by atoms with Gasteiger partial charge in [-0.25, -0.2) is 4.79 Å². The molecule has 0 heterocycles. The Labute approximate surface area is 100 Å². The first-order chi connectivity index (χ1) is 8.11. The number of ether oxygens (including phenoxy) is 1. The predicted molar refractivity (Wildman–Crippen MR) is 64.1 cm³/mol. The zero-order valence-electron chi connectivity index (χ0n) is 9.72. The molecule has 0 bridgehead atoms. The van der Waals surface area contributed by atoms with Crippen molar-refractivity contribution in [2.75, 3.05) is 6.61 Å². The highest BCUT2D eigenvalue weighted by atomic mass is 16.5. The first kappa shape index (κ1) is 13.1. The fourth-order valence-electron chi connectivity index (χ4n) is 1.35. The van der Waals surface area contributed by atoms with Gasteiger partial charge in [-0.15, -0.1) is 0 Å². The number of carboxylic acid groups (broad SMARTS) is 1. The molecule has 0 atom stereocenters. The fraction of sp³-hybridized carbons (Fsp3) is 0.308. The highest BCUT2D eigenvalue weighted by molar-refractivity contribution is 5.84. The van der Waals surface area contributed by atoms with Crippen LogP contribution in [0.1, 0.15) is 19.8 Å². The number of aliphatic hydroxyl groups is 1. The van der Waals surface area contributed by atoms with Crippen LogP contribution in [0.25, 0.3) is 0 Å². The predicted octanol–water partition coefficient (Wildman–Crippen LogP) is 2.76. The average Bonchev–Trinajstić information content (AvgIpc) is 2.34. The molecule has 1 aromatic rings. The van der Waals surface area contributed by atoms with Gasteiger partial charge in [-0.2, -0.15) is 0 Å². The minimum atomic E-state index is -1.29. The van der Waals surface area contributed by atoms with E-state index in [4.69, 9.17) is 14.9 Å². The normalized spacial score (nSPS) is 11.8. The molecule has 4 heteroatoms. The zero-order valence-corrected chi connectivity index (χ0v) is 9.72. The lowest BCUT2D eigenvalue weighted by molar-refractivity contribution is -0.135. The Kier molecular flexibility index (Phi) is 5.07. The second-order valence-corrected chi connectivity index (χ2v) is 3.70. The first-order valence-electron chi connectivity index (χ1n) is 5.41. The van der Waals surface area contributed by atoms with E-state index in [1.54, 1.807) is 6.92 Å². The lowest BCUT2D eigenvalue weighted by atomic mass is 10.1. The first-order valence-corrected chi connectivity index (χ1v) is 5.41. The Hall–Kier alpha value is -1.97. The fourth-order valence-corrected chi connectivity index (χ4v) is 1.35. The van der Waals surface area contributed by atoms with Crippen molar-refractivity contribution in [3.05, 3.63) is 41.7 Å². The van der Waals surface area contributed by atoms with Crippen molar-refractivity contribution in [3.63, 3.8) is 0 Å². The summed E-state index contributed by atoms with van der Waals surface area (Å²) in [7, 11) is 0. The topological polar surface area (TPSA) is 66.8 Å². The number of hydrogen-bond acceptors (Lipinski definition) is 3. The summed E-state index contributed by atoms with van der Waals surface area (Å²) in [6.07, 6.45) is 1.17. The molecule has 4 nitrogen and oxygen atoms in total. The zero-order chi connectivity index (χ0) is 12.7. The van der Waals surface area contributed by atoms with Crippen molar-refractivity contribution < 1.29 is 19.7 Å². The van der Waals surface area contributed by atoms with E-state index in [9.17, 15) is 4.79 Å². The van der Waals surface area contributed by atoms with Crippen molar-refractivity contribution in [2.45, 2.75) is 19.8 Å². The third-order valence-electron chi connectivity index (χ3n) is 2.31. The largest absolute Gasteiger partial charge is 0.502 e. The van der Waals surface area contributed by atoms with Gasteiger partial charge in [0.1, 0.15) is 5.75 Å². The van der Waals surface area contributed by atoms with Crippen LogP contribution in [-0.4, -0.2) is 22.8 Å². The number of carbonyl (C=O) groups is 1. The van der Waals surface area contributed by atoms with Crippen LogP contribution in [0.3, 0.4) is 0 Å². The van der Waals surface area contributed by atoms with Gasteiger partial charge in [0.05, 0.1) is 6.61 Å². The molecule has 92 valence electrons. The van der Waals surface area contributed by atoms with Crippen LogP contribution < -0.4 is 4.74 Å². The quantitative estimate of drug-likeness (QED) is 0.453. The minimum Gasteiger partial charge on any atom is -0.502 e. The number of benzene rings is 1. The van der Waals surface area contributed by atoms with E-state index in [2.05, 4.69) is 0 Å². The van der Waals surface area contributed by atoms with Crippen LogP contribution in [0, 0.1) is 0 Å². The lowest BCUT2D eigenvalue weighted by Crippen LogP contribution is -2.04. The highest BCUT2D eigenvalue weighted by Crippen LogP contribution is 2.12. The maximum absolute atomic E-state index is 10.5. The number of allylic oxidation sites excluding steroid dienone is 1. The molecule has 0 fully saturated rings. The molecule has 0 saturated heterocycles. The summed E-state index contributed by atoms with van der Waals surface area (Å²) in [5.74, 6) is -1.06. The van der Waals surface area contributed by atoms with Gasteiger partial charge in [-0.3, -0.25) is 0 Å². The van der Waals surface area contributed by atoms with Crippen molar-refractivity contribution >= 4 is 5.97 Å². The van der Waals surface area contributed by atoms with E-state index in [0.29, 0.717) is 25.0 Å². The molecule has 0 aromatic heterocycles. The van der Waals surface area contributed by atoms with E-state index < -0.39 is 11.7 Å². The summed E-state index contributed by atoms with van der Waals surface area (Å²) in [4.78, 5) is 10.5. The lowest BCUT2D eigenvalue weighted by Gasteiger charge is -2.06. The summed E-state index contributed by atoms with van der Waals surface area (Å²) in [6.45, 7) is 2.10. The van der Waals surface area contributed by atoms with Crippen LogP contribution in [0.15, 0.2) is 41.7 Å². The molecule has 0 spiro atoms. The summed E-state index contributed by atoms with van der Waals surface area (Å²) < 4.78 is 5.44. The van der Waals surface area contributed by atoms with Gasteiger partial charge in [0.15, 0.2) is 0 Å². The number of carboxylic acids is 1. The van der Waals surface area contributed by atoms with Crippen LogP contribution in [0.2, 0.25) is 0 Å². The Bertz CT molecular complexity index is 395. The maximum atomic E-state index is 10.5. The van der Waals surface area contributed by atoms with Crippen molar-refractivity contribution in [2.24, 2.45) is 0 Å². The van der Waals surface area contributed by atoms with Crippen molar-refractivity contribution in [3.8, 4) is 5.75 Å². The molecule has 0 unspecified atom stereocenters. The van der Waals surface area contributed by atoms with E-state index in [1.807, 2.05) is 30.3 Å². The molecule has 2 N–H and O–H groups in total. The van der Waals surface area contributed by atoms with E-state index in [0.717, 1.165) is 5.75 Å². The molecule has 0 aliphatic rings. The summed E-state index contributed by atoms with van der Waals surface area (Å²) in [5.41, 5.74) is 0.467. The van der Waals surface area contributed by atoms with Crippen LogP contribution >= 0.6 is 0 Å². The average molecular weight is 236 g/mol. The van der Waals surface area contributed by atoms with E-state index in [1.165, 1.54) is 0 Å². The number of hydrogen-bond donors (Lipinski definition) is 2.